The third-order valence-electron chi connectivity index (χ3n) is 5.89. The molecule has 0 N–H and O–H groups in total. The van der Waals surface area contributed by atoms with E-state index in [-0.39, 0.29) is 34.5 Å². The molecule has 0 bridgehead atoms. The molecule has 31 heavy (non-hydrogen) atoms. The van der Waals surface area contributed by atoms with Crippen LogP contribution in [0.3, 0.4) is 0 Å². The van der Waals surface area contributed by atoms with Gasteiger partial charge in [0.25, 0.3) is 12.1 Å². The number of alkyl halides is 2. The lowest BCUT2D eigenvalue weighted by Crippen LogP contribution is -2.40. The highest BCUT2D eigenvalue weighted by molar-refractivity contribution is 5.80. The predicted molar refractivity (Wildman–Crippen MR) is 109 cm³/mol. The molecule has 2 unspecified atom stereocenters. The number of nitrogens with zero attached hydrogens (tertiary/aromatic N) is 6. The van der Waals surface area contributed by atoms with E-state index in [1.54, 1.807) is 16.5 Å². The Morgan fingerprint density at radius 3 is 2.74 bits per heavy atom. The van der Waals surface area contributed by atoms with Crippen LogP contribution in [0.5, 0.6) is 0 Å². The van der Waals surface area contributed by atoms with E-state index in [0.29, 0.717) is 36.7 Å². The first-order valence-electron chi connectivity index (χ1n) is 10.5. The fraction of sp³-hybridized carbons (Fsp3) is 0.571. The highest BCUT2D eigenvalue weighted by Gasteiger charge is 2.29. The fourth-order valence-corrected chi connectivity index (χ4v) is 4.40. The van der Waals surface area contributed by atoms with Gasteiger partial charge in [-0.05, 0) is 46.6 Å². The van der Waals surface area contributed by atoms with Crippen molar-refractivity contribution in [2.45, 2.75) is 65.3 Å². The molecule has 0 saturated carbocycles. The summed E-state index contributed by atoms with van der Waals surface area (Å²) >= 11 is 0. The summed E-state index contributed by atoms with van der Waals surface area (Å²) in [6.45, 7) is 8.33. The normalized spacial score (nSPS) is 18.2. The molecule has 1 fully saturated rings. The van der Waals surface area contributed by atoms with Crippen LogP contribution < -0.4 is 0 Å². The number of aromatic nitrogens is 5. The Morgan fingerprint density at radius 2 is 2.06 bits per heavy atom. The first-order valence-corrected chi connectivity index (χ1v) is 10.5. The molecule has 0 spiro atoms. The van der Waals surface area contributed by atoms with Gasteiger partial charge in [0.05, 0.1) is 17.1 Å². The van der Waals surface area contributed by atoms with Gasteiger partial charge in [0.15, 0.2) is 0 Å². The molecule has 4 heterocycles. The molecule has 0 radical (unpaired) electrons. The molecule has 3 aromatic heterocycles. The molecule has 3 aromatic rings. The van der Waals surface area contributed by atoms with Gasteiger partial charge >= 0.3 is 0 Å². The van der Waals surface area contributed by atoms with E-state index in [1.807, 2.05) is 20.8 Å². The lowest BCUT2D eigenvalue weighted by atomic mass is 9.92. The van der Waals surface area contributed by atoms with E-state index < -0.39 is 6.43 Å². The van der Waals surface area contributed by atoms with Crippen LogP contribution in [0.15, 0.2) is 10.6 Å². The van der Waals surface area contributed by atoms with Crippen LogP contribution in [0.2, 0.25) is 0 Å². The van der Waals surface area contributed by atoms with Gasteiger partial charge < -0.3 is 9.42 Å². The van der Waals surface area contributed by atoms with Gasteiger partial charge in [0.2, 0.25) is 5.91 Å². The van der Waals surface area contributed by atoms with Gasteiger partial charge in [0, 0.05) is 36.7 Å². The van der Waals surface area contributed by atoms with Crippen LogP contribution in [0.25, 0.3) is 11.1 Å². The SMILES string of the molecule is Cc1nc(C)n(C(C)CC(=O)N2CCCC(c3cc(C(F)F)c4c(C)noc4n3)C2)n1. The molecule has 166 valence electrons. The second kappa shape index (κ2) is 8.32. The monoisotopic (exact) mass is 432 g/mol. The summed E-state index contributed by atoms with van der Waals surface area (Å²) in [5.74, 6) is 1.33. The van der Waals surface area contributed by atoms with Gasteiger partial charge in [-0.1, -0.05) is 5.16 Å². The third-order valence-corrected chi connectivity index (χ3v) is 5.89. The van der Waals surface area contributed by atoms with Gasteiger partial charge in [-0.25, -0.2) is 23.4 Å². The number of carbonyl (C=O) groups excluding carboxylic acids is 1. The lowest BCUT2D eigenvalue weighted by molar-refractivity contribution is -0.133. The molecule has 2 atom stereocenters. The summed E-state index contributed by atoms with van der Waals surface area (Å²) in [6, 6.07) is 1.33. The first kappa shape index (κ1) is 21.3. The van der Waals surface area contributed by atoms with Gasteiger partial charge in [-0.3, -0.25) is 4.79 Å². The van der Waals surface area contributed by atoms with Crippen molar-refractivity contribution in [2.75, 3.05) is 13.1 Å². The summed E-state index contributed by atoms with van der Waals surface area (Å²) < 4.78 is 34.3. The van der Waals surface area contributed by atoms with E-state index in [9.17, 15) is 13.6 Å². The zero-order valence-corrected chi connectivity index (χ0v) is 18.1. The molecule has 1 saturated heterocycles. The number of carbonyl (C=O) groups is 1. The van der Waals surface area contributed by atoms with Crippen LogP contribution in [-0.4, -0.2) is 48.8 Å². The Morgan fingerprint density at radius 1 is 1.29 bits per heavy atom. The zero-order chi connectivity index (χ0) is 22.3. The molecular weight excluding hydrogens is 406 g/mol. The predicted octanol–water partition coefficient (Wildman–Crippen LogP) is 4.03. The molecule has 8 nitrogen and oxygen atoms in total. The van der Waals surface area contributed by atoms with Crippen LogP contribution in [-0.2, 0) is 4.79 Å². The fourth-order valence-electron chi connectivity index (χ4n) is 4.40. The number of fused-ring (bicyclic) bond motifs is 1. The summed E-state index contributed by atoms with van der Waals surface area (Å²) in [6.07, 6.45) is -0.800. The van der Waals surface area contributed by atoms with E-state index in [1.165, 1.54) is 6.07 Å². The number of rotatable bonds is 5. The Kier molecular flexibility index (Phi) is 5.72. The maximum atomic E-state index is 13.7. The highest BCUT2D eigenvalue weighted by atomic mass is 19.3. The maximum absolute atomic E-state index is 13.7. The molecule has 0 aromatic carbocycles. The minimum absolute atomic E-state index is 0.00965. The summed E-state index contributed by atoms with van der Waals surface area (Å²) in [4.78, 5) is 23.5. The van der Waals surface area contributed by atoms with Crippen molar-refractivity contribution in [3.63, 3.8) is 0 Å². The molecule has 4 rings (SSSR count). The number of halogens is 2. The van der Waals surface area contributed by atoms with Crippen molar-refractivity contribution in [3.05, 3.63) is 34.7 Å². The molecule has 1 aliphatic heterocycles. The molecule has 1 aliphatic rings. The summed E-state index contributed by atoms with van der Waals surface area (Å²) in [5.41, 5.74) is 0.928. The molecule has 0 aliphatic carbocycles. The van der Waals surface area contributed by atoms with Crippen LogP contribution in [0.4, 0.5) is 8.78 Å². The van der Waals surface area contributed by atoms with E-state index in [0.717, 1.165) is 18.7 Å². The standard InChI is InChI=1S/C21H26F2N6O2/c1-11(29-14(4)24-13(3)26-29)8-18(30)28-7-5-6-15(10-28)17-9-16(20(22)23)19-12(2)27-31-21(19)25-17/h9,11,15,20H,5-8,10H2,1-4H3. The lowest BCUT2D eigenvalue weighted by Gasteiger charge is -2.33. The first-order chi connectivity index (χ1) is 14.7. The maximum Gasteiger partial charge on any atom is 0.264 e. The average molecular weight is 432 g/mol. The number of aryl methyl sites for hydroxylation is 3. The van der Waals surface area contributed by atoms with Crippen molar-refractivity contribution in [2.24, 2.45) is 0 Å². The highest BCUT2D eigenvalue weighted by Crippen LogP contribution is 2.34. The molecule has 1 amide bonds. The number of likely N-dealkylation sites (tertiary alicyclic amines) is 1. The van der Waals surface area contributed by atoms with E-state index in [4.69, 9.17) is 4.52 Å². The van der Waals surface area contributed by atoms with Gasteiger partial charge in [-0.2, -0.15) is 5.10 Å². The van der Waals surface area contributed by atoms with Crippen molar-refractivity contribution >= 4 is 17.0 Å². The second-order valence-electron chi connectivity index (χ2n) is 8.27. The Hall–Kier alpha value is -2.91. The number of piperidine rings is 1. The van der Waals surface area contributed by atoms with Crippen LogP contribution in [0, 0.1) is 20.8 Å². The Labute approximate surface area is 178 Å². The number of hydrogen-bond acceptors (Lipinski definition) is 6. The average Bonchev–Trinajstić information content (AvgIpc) is 3.28. The van der Waals surface area contributed by atoms with Crippen LogP contribution in [0.1, 0.15) is 73.2 Å². The summed E-state index contributed by atoms with van der Waals surface area (Å²) in [7, 11) is 0. The van der Waals surface area contributed by atoms with Crippen molar-refractivity contribution < 1.29 is 18.1 Å². The minimum atomic E-state index is -2.65. The Bertz CT molecular complexity index is 1110. The van der Waals surface area contributed by atoms with Crippen LogP contribution >= 0.6 is 0 Å². The molecular formula is C21H26F2N6O2. The number of amides is 1. The topological polar surface area (TPSA) is 89.9 Å². The van der Waals surface area contributed by atoms with E-state index in [2.05, 4.69) is 20.2 Å². The van der Waals surface area contributed by atoms with Crippen molar-refractivity contribution in [3.8, 4) is 0 Å². The molecule has 10 heteroatoms. The van der Waals surface area contributed by atoms with Crippen molar-refractivity contribution in [1.82, 2.24) is 29.8 Å². The van der Waals surface area contributed by atoms with E-state index >= 15 is 0 Å². The smallest absolute Gasteiger partial charge is 0.264 e. The summed E-state index contributed by atoms with van der Waals surface area (Å²) in [5, 5.41) is 8.43. The van der Waals surface area contributed by atoms with Gasteiger partial charge in [0.1, 0.15) is 11.6 Å². The second-order valence-corrected chi connectivity index (χ2v) is 8.27. The number of pyridine rings is 1. The Balaban J connectivity index is 1.52. The minimum Gasteiger partial charge on any atom is -0.342 e. The zero-order valence-electron chi connectivity index (χ0n) is 18.1. The van der Waals surface area contributed by atoms with Gasteiger partial charge in [-0.15, -0.1) is 0 Å². The number of hydrogen-bond donors (Lipinski definition) is 0. The quantitative estimate of drug-likeness (QED) is 0.605. The third kappa shape index (κ3) is 4.15. The largest absolute Gasteiger partial charge is 0.342 e. The van der Waals surface area contributed by atoms with Crippen molar-refractivity contribution in [1.29, 1.82) is 0 Å².